The molecule has 0 spiro atoms. The molecule has 0 aliphatic heterocycles. The van der Waals surface area contributed by atoms with Crippen molar-refractivity contribution in [1.82, 2.24) is 4.90 Å². The van der Waals surface area contributed by atoms with Gasteiger partial charge in [-0.1, -0.05) is 0 Å². The highest BCUT2D eigenvalue weighted by molar-refractivity contribution is 6.24. The average Bonchev–Trinajstić information content (AvgIpc) is 1.98. The lowest BCUT2D eigenvalue weighted by Gasteiger charge is -2.62. The Morgan fingerprint density at radius 3 is 2.07 bits per heavy atom. The highest BCUT2D eigenvalue weighted by Crippen LogP contribution is 2.61. The minimum atomic E-state index is 0.175. The number of hydrogen-bond donors (Lipinski definition) is 0. The van der Waals surface area contributed by atoms with Gasteiger partial charge in [-0.2, -0.15) is 0 Å². The van der Waals surface area contributed by atoms with Gasteiger partial charge in [0.15, 0.2) is 0 Å². The summed E-state index contributed by atoms with van der Waals surface area (Å²) in [6.45, 7) is 0. The number of hydrogen-bond acceptors (Lipinski definition) is 1. The first-order valence-electron chi connectivity index (χ1n) is 5.88. The Balaban J connectivity index is 1.96. The molecule has 0 heterocycles. The quantitative estimate of drug-likeness (QED) is 0.606. The highest BCUT2D eigenvalue weighted by atomic mass is 35.5. The monoisotopic (exact) mass is 213 g/mol. The van der Waals surface area contributed by atoms with E-state index in [4.69, 9.17) is 11.6 Å². The second-order valence-corrected chi connectivity index (χ2v) is 7.03. The van der Waals surface area contributed by atoms with Crippen molar-refractivity contribution in [2.75, 3.05) is 14.1 Å². The topological polar surface area (TPSA) is 3.24 Å². The van der Waals surface area contributed by atoms with Crippen molar-refractivity contribution >= 4 is 11.6 Å². The molecular formula is C12H20ClN. The van der Waals surface area contributed by atoms with Gasteiger partial charge >= 0.3 is 0 Å². The van der Waals surface area contributed by atoms with Crippen molar-refractivity contribution in [3.05, 3.63) is 0 Å². The molecule has 0 aromatic carbocycles. The summed E-state index contributed by atoms with van der Waals surface area (Å²) in [7, 11) is 4.49. The first-order valence-corrected chi connectivity index (χ1v) is 6.26. The van der Waals surface area contributed by atoms with Crippen LogP contribution >= 0.6 is 11.6 Å². The van der Waals surface area contributed by atoms with Crippen LogP contribution in [0, 0.1) is 11.8 Å². The van der Waals surface area contributed by atoms with E-state index < -0.39 is 0 Å². The van der Waals surface area contributed by atoms with Gasteiger partial charge in [0.2, 0.25) is 0 Å². The van der Waals surface area contributed by atoms with Gasteiger partial charge in [0.1, 0.15) is 0 Å². The van der Waals surface area contributed by atoms with E-state index in [1.165, 1.54) is 38.5 Å². The fourth-order valence-corrected chi connectivity index (χ4v) is 5.31. The maximum Gasteiger partial charge on any atom is 0.0469 e. The molecule has 80 valence electrons. The Bertz CT molecular complexity index is 247. The van der Waals surface area contributed by atoms with Crippen molar-refractivity contribution in [2.45, 2.75) is 48.9 Å². The van der Waals surface area contributed by atoms with Crippen LogP contribution in [0.5, 0.6) is 0 Å². The van der Waals surface area contributed by atoms with E-state index >= 15 is 0 Å². The molecule has 0 aromatic heterocycles. The van der Waals surface area contributed by atoms with E-state index in [9.17, 15) is 0 Å². The summed E-state index contributed by atoms with van der Waals surface area (Å²) in [5, 5.41) is 0. The Kier molecular flexibility index (Phi) is 1.81. The van der Waals surface area contributed by atoms with E-state index in [1.54, 1.807) is 0 Å². The smallest absolute Gasteiger partial charge is 0.0469 e. The highest BCUT2D eigenvalue weighted by Gasteiger charge is 2.57. The Morgan fingerprint density at radius 1 is 1.07 bits per heavy atom. The van der Waals surface area contributed by atoms with Crippen molar-refractivity contribution in [1.29, 1.82) is 0 Å². The van der Waals surface area contributed by atoms with E-state index in [0.717, 1.165) is 11.8 Å². The lowest BCUT2D eigenvalue weighted by Crippen LogP contribution is -2.62. The molecule has 4 rings (SSSR count). The van der Waals surface area contributed by atoms with E-state index in [2.05, 4.69) is 19.0 Å². The third-order valence-electron chi connectivity index (χ3n) is 4.91. The van der Waals surface area contributed by atoms with Crippen molar-refractivity contribution in [3.8, 4) is 0 Å². The zero-order chi connectivity index (χ0) is 9.97. The van der Waals surface area contributed by atoms with Crippen LogP contribution in [0.3, 0.4) is 0 Å². The predicted molar refractivity (Wildman–Crippen MR) is 59.7 cm³/mol. The van der Waals surface area contributed by atoms with Crippen LogP contribution in [0.2, 0.25) is 0 Å². The summed E-state index contributed by atoms with van der Waals surface area (Å²) in [6, 6.07) is 0. The molecule has 4 aliphatic carbocycles. The van der Waals surface area contributed by atoms with Gasteiger partial charge in [-0.05, 0) is 64.5 Å². The molecule has 0 radical (unpaired) electrons. The van der Waals surface area contributed by atoms with Gasteiger partial charge in [0.05, 0.1) is 0 Å². The van der Waals surface area contributed by atoms with Gasteiger partial charge in [0, 0.05) is 10.4 Å². The number of halogens is 1. The van der Waals surface area contributed by atoms with E-state index in [1.807, 2.05) is 0 Å². The summed E-state index contributed by atoms with van der Waals surface area (Å²) in [5.41, 5.74) is 0.464. The average molecular weight is 214 g/mol. The first kappa shape index (κ1) is 9.47. The number of rotatable bonds is 1. The fourth-order valence-electron chi connectivity index (χ4n) is 4.63. The standard InChI is InChI=1S/C12H20ClN/c1-14(2)12-6-9-3-10(7-12)5-11(13,4-9)8-12/h9-10H,3-8H2,1-2H3. The third kappa shape index (κ3) is 1.18. The molecule has 0 saturated heterocycles. The van der Waals surface area contributed by atoms with E-state index in [0.29, 0.717) is 5.54 Å². The predicted octanol–water partition coefficient (Wildman–Crippen LogP) is 2.88. The van der Waals surface area contributed by atoms with Crippen molar-refractivity contribution in [2.24, 2.45) is 11.8 Å². The zero-order valence-electron chi connectivity index (χ0n) is 9.22. The lowest BCUT2D eigenvalue weighted by atomic mass is 9.52. The molecule has 4 aliphatic rings. The summed E-state index contributed by atoms with van der Waals surface area (Å²) in [4.78, 5) is 2.63. The van der Waals surface area contributed by atoms with Crippen LogP contribution < -0.4 is 0 Å². The lowest BCUT2D eigenvalue weighted by molar-refractivity contribution is -0.0592. The molecule has 2 atom stereocenters. The number of nitrogens with zero attached hydrogens (tertiary/aromatic N) is 1. The Morgan fingerprint density at radius 2 is 1.64 bits per heavy atom. The molecule has 2 heteroatoms. The van der Waals surface area contributed by atoms with Gasteiger partial charge in [-0.3, -0.25) is 0 Å². The van der Waals surface area contributed by atoms with Crippen LogP contribution in [-0.4, -0.2) is 29.4 Å². The normalized spacial score (nSPS) is 55.7. The molecular weight excluding hydrogens is 194 g/mol. The molecule has 0 N–H and O–H groups in total. The molecule has 2 unspecified atom stereocenters. The maximum atomic E-state index is 6.74. The third-order valence-corrected chi connectivity index (χ3v) is 5.35. The molecule has 1 nitrogen and oxygen atoms in total. The SMILES string of the molecule is CN(C)C12CC3CC(CC(Cl)(C3)C1)C2. The molecule has 14 heavy (non-hydrogen) atoms. The molecule has 0 aromatic rings. The summed E-state index contributed by atoms with van der Waals surface area (Å²) in [6.07, 6.45) is 8.10. The molecule has 4 fully saturated rings. The van der Waals surface area contributed by atoms with Crippen molar-refractivity contribution in [3.63, 3.8) is 0 Å². The first-order chi connectivity index (χ1) is 6.51. The maximum absolute atomic E-state index is 6.74. The van der Waals surface area contributed by atoms with Crippen LogP contribution in [0.1, 0.15) is 38.5 Å². The van der Waals surface area contributed by atoms with Crippen LogP contribution in [0.25, 0.3) is 0 Å². The largest absolute Gasteiger partial charge is 0.304 e. The van der Waals surface area contributed by atoms with Crippen LogP contribution in [0.4, 0.5) is 0 Å². The van der Waals surface area contributed by atoms with Crippen LogP contribution in [0.15, 0.2) is 0 Å². The van der Waals surface area contributed by atoms with Crippen molar-refractivity contribution < 1.29 is 0 Å². The fraction of sp³-hybridized carbons (Fsp3) is 1.00. The second kappa shape index (κ2) is 2.68. The van der Waals surface area contributed by atoms with E-state index in [-0.39, 0.29) is 4.87 Å². The van der Waals surface area contributed by atoms with Gasteiger partial charge in [0.25, 0.3) is 0 Å². The molecule has 4 saturated carbocycles. The van der Waals surface area contributed by atoms with Gasteiger partial charge in [-0.25, -0.2) is 0 Å². The molecule has 0 amide bonds. The molecule has 4 bridgehead atoms. The van der Waals surface area contributed by atoms with Crippen LogP contribution in [-0.2, 0) is 0 Å². The Hall–Kier alpha value is 0.250. The summed E-state index contributed by atoms with van der Waals surface area (Å²) >= 11 is 6.74. The van der Waals surface area contributed by atoms with Gasteiger partial charge < -0.3 is 4.90 Å². The zero-order valence-corrected chi connectivity index (χ0v) is 9.98. The minimum Gasteiger partial charge on any atom is -0.304 e. The summed E-state index contributed by atoms with van der Waals surface area (Å²) < 4.78 is 0. The summed E-state index contributed by atoms with van der Waals surface area (Å²) in [5.74, 6) is 1.85. The Labute approximate surface area is 91.8 Å². The minimum absolute atomic E-state index is 0.175. The second-order valence-electron chi connectivity index (χ2n) is 6.23. The van der Waals surface area contributed by atoms with Gasteiger partial charge in [-0.15, -0.1) is 11.6 Å². The number of alkyl halides is 1.